The van der Waals surface area contributed by atoms with E-state index >= 15 is 0 Å². The van der Waals surface area contributed by atoms with Crippen molar-refractivity contribution in [2.24, 2.45) is 5.73 Å². The SMILES string of the molecule is CC(C)(C)OC(=O)Cn1nc(C(N)=O)c2cc(C#C[Si](C)(C)C)ccc21. The van der Waals surface area contributed by atoms with Gasteiger partial charge in [0.25, 0.3) is 5.91 Å². The van der Waals surface area contributed by atoms with Crippen molar-refractivity contribution >= 4 is 30.9 Å². The average molecular weight is 372 g/mol. The van der Waals surface area contributed by atoms with Crippen LogP contribution in [0.1, 0.15) is 36.8 Å². The summed E-state index contributed by atoms with van der Waals surface area (Å²) in [5.74, 6) is 2.08. The summed E-state index contributed by atoms with van der Waals surface area (Å²) in [4.78, 5) is 23.9. The number of nitrogens with zero attached hydrogens (tertiary/aromatic N) is 2. The summed E-state index contributed by atoms with van der Waals surface area (Å²) >= 11 is 0. The van der Waals surface area contributed by atoms with Gasteiger partial charge in [-0.2, -0.15) is 5.10 Å². The molecule has 0 saturated heterocycles. The van der Waals surface area contributed by atoms with E-state index in [0.29, 0.717) is 10.9 Å². The highest BCUT2D eigenvalue weighted by molar-refractivity contribution is 6.83. The predicted molar refractivity (Wildman–Crippen MR) is 104 cm³/mol. The van der Waals surface area contributed by atoms with Gasteiger partial charge in [0, 0.05) is 10.9 Å². The summed E-state index contributed by atoms with van der Waals surface area (Å²) in [6.07, 6.45) is 0. The molecule has 1 aromatic heterocycles. The number of amides is 1. The molecule has 2 N–H and O–H groups in total. The topological polar surface area (TPSA) is 87.2 Å². The van der Waals surface area contributed by atoms with Crippen LogP contribution in [0.2, 0.25) is 19.6 Å². The second-order valence-electron chi connectivity index (χ2n) is 8.19. The monoisotopic (exact) mass is 371 g/mol. The molecule has 0 saturated carbocycles. The van der Waals surface area contributed by atoms with Gasteiger partial charge < -0.3 is 10.5 Å². The maximum Gasteiger partial charge on any atom is 0.328 e. The van der Waals surface area contributed by atoms with E-state index in [4.69, 9.17) is 10.5 Å². The van der Waals surface area contributed by atoms with Crippen LogP contribution in [0.3, 0.4) is 0 Å². The van der Waals surface area contributed by atoms with Gasteiger partial charge in [-0.25, -0.2) is 0 Å². The molecule has 2 aromatic rings. The number of carbonyl (C=O) groups is 2. The Morgan fingerprint density at radius 3 is 2.46 bits per heavy atom. The van der Waals surface area contributed by atoms with Crippen LogP contribution in [0.4, 0.5) is 0 Å². The second-order valence-corrected chi connectivity index (χ2v) is 12.9. The van der Waals surface area contributed by atoms with Crippen LogP contribution in [-0.2, 0) is 16.1 Å². The third-order valence-electron chi connectivity index (χ3n) is 3.26. The van der Waals surface area contributed by atoms with E-state index in [1.807, 2.05) is 6.07 Å². The van der Waals surface area contributed by atoms with Crippen molar-refractivity contribution in [1.82, 2.24) is 9.78 Å². The number of primary amides is 1. The van der Waals surface area contributed by atoms with Gasteiger partial charge in [0.1, 0.15) is 20.2 Å². The van der Waals surface area contributed by atoms with Gasteiger partial charge in [0.05, 0.1) is 5.52 Å². The Kier molecular flexibility index (Phi) is 5.28. The molecule has 0 spiro atoms. The van der Waals surface area contributed by atoms with Crippen LogP contribution in [0, 0.1) is 11.5 Å². The Morgan fingerprint density at radius 2 is 1.92 bits per heavy atom. The summed E-state index contributed by atoms with van der Waals surface area (Å²) < 4.78 is 6.77. The van der Waals surface area contributed by atoms with Crippen LogP contribution >= 0.6 is 0 Å². The standard InChI is InChI=1S/C19H25N3O3Si/c1-19(2,3)25-16(23)12-22-15-8-7-13(9-10-26(4,5)6)11-14(15)17(21-22)18(20)24/h7-8,11H,12H2,1-6H3,(H2,20,24). The zero-order valence-electron chi connectivity index (χ0n) is 16.1. The van der Waals surface area contributed by atoms with Gasteiger partial charge in [-0.1, -0.05) is 25.6 Å². The molecule has 138 valence electrons. The molecule has 7 heteroatoms. The fourth-order valence-electron chi connectivity index (χ4n) is 2.32. The summed E-state index contributed by atoms with van der Waals surface area (Å²) in [6, 6.07) is 5.45. The Balaban J connectivity index is 2.46. The lowest BCUT2D eigenvalue weighted by Crippen LogP contribution is -2.27. The van der Waals surface area contributed by atoms with Gasteiger partial charge in [0.2, 0.25) is 0 Å². The second kappa shape index (κ2) is 6.96. The number of fused-ring (bicyclic) bond motifs is 1. The molecule has 0 aliphatic carbocycles. The molecule has 2 rings (SSSR count). The van der Waals surface area contributed by atoms with E-state index in [2.05, 4.69) is 36.2 Å². The first-order valence-electron chi connectivity index (χ1n) is 8.41. The lowest BCUT2D eigenvalue weighted by molar-refractivity contribution is -0.155. The zero-order chi connectivity index (χ0) is 19.7. The highest BCUT2D eigenvalue weighted by atomic mass is 28.3. The van der Waals surface area contributed by atoms with Crippen molar-refractivity contribution in [2.75, 3.05) is 0 Å². The molecular weight excluding hydrogens is 346 g/mol. The van der Waals surface area contributed by atoms with Crippen LogP contribution in [0.5, 0.6) is 0 Å². The molecule has 1 amide bonds. The third-order valence-corrected chi connectivity index (χ3v) is 4.14. The van der Waals surface area contributed by atoms with Crippen LogP contribution < -0.4 is 5.73 Å². The predicted octanol–water partition coefficient (Wildman–Crippen LogP) is 2.71. The number of hydrogen-bond acceptors (Lipinski definition) is 4. The lowest BCUT2D eigenvalue weighted by atomic mass is 10.1. The third kappa shape index (κ3) is 5.20. The number of carbonyl (C=O) groups excluding carboxylic acids is 2. The number of ether oxygens (including phenoxy) is 1. The van der Waals surface area contributed by atoms with Gasteiger partial charge in [-0.3, -0.25) is 14.3 Å². The van der Waals surface area contributed by atoms with E-state index in [0.717, 1.165) is 5.56 Å². The number of rotatable bonds is 3. The molecule has 26 heavy (non-hydrogen) atoms. The Bertz CT molecular complexity index is 922. The minimum absolute atomic E-state index is 0.0963. The summed E-state index contributed by atoms with van der Waals surface area (Å²) in [6.45, 7) is 11.8. The number of esters is 1. The van der Waals surface area contributed by atoms with Crippen molar-refractivity contribution in [3.05, 3.63) is 29.5 Å². The van der Waals surface area contributed by atoms with Gasteiger partial charge in [-0.15, -0.1) is 5.54 Å². The smallest absolute Gasteiger partial charge is 0.328 e. The molecule has 0 bridgehead atoms. The van der Waals surface area contributed by atoms with Crippen molar-refractivity contribution in [3.8, 4) is 11.5 Å². The molecule has 0 aliphatic rings. The normalized spacial score (nSPS) is 11.8. The quantitative estimate of drug-likeness (QED) is 0.510. The van der Waals surface area contributed by atoms with E-state index in [-0.39, 0.29) is 12.2 Å². The van der Waals surface area contributed by atoms with Gasteiger partial charge in [0.15, 0.2) is 5.69 Å². The van der Waals surface area contributed by atoms with Gasteiger partial charge in [-0.05, 0) is 39.0 Å². The van der Waals surface area contributed by atoms with E-state index in [1.54, 1.807) is 32.9 Å². The van der Waals surface area contributed by atoms with E-state index < -0.39 is 25.6 Å². The Morgan fingerprint density at radius 1 is 1.27 bits per heavy atom. The number of benzene rings is 1. The average Bonchev–Trinajstić information content (AvgIpc) is 2.80. The molecule has 0 fully saturated rings. The molecule has 0 unspecified atom stereocenters. The van der Waals surface area contributed by atoms with Crippen LogP contribution in [0.25, 0.3) is 10.9 Å². The number of aromatic nitrogens is 2. The van der Waals surface area contributed by atoms with Crippen molar-refractivity contribution < 1.29 is 14.3 Å². The summed E-state index contributed by atoms with van der Waals surface area (Å²) in [7, 11) is -1.52. The van der Waals surface area contributed by atoms with Crippen molar-refractivity contribution in [3.63, 3.8) is 0 Å². The van der Waals surface area contributed by atoms with E-state index in [1.165, 1.54) is 4.68 Å². The first-order valence-corrected chi connectivity index (χ1v) is 11.9. The van der Waals surface area contributed by atoms with Crippen LogP contribution in [-0.4, -0.2) is 35.3 Å². The summed E-state index contributed by atoms with van der Waals surface area (Å²) in [5.41, 5.74) is 9.71. The number of hydrogen-bond donors (Lipinski definition) is 1. The summed E-state index contributed by atoms with van der Waals surface area (Å²) in [5, 5.41) is 4.80. The van der Waals surface area contributed by atoms with Gasteiger partial charge >= 0.3 is 5.97 Å². The highest BCUT2D eigenvalue weighted by Gasteiger charge is 2.20. The molecule has 0 atom stereocenters. The fraction of sp³-hybridized carbons (Fsp3) is 0.421. The zero-order valence-corrected chi connectivity index (χ0v) is 17.1. The maximum absolute atomic E-state index is 12.1. The molecule has 0 radical (unpaired) electrons. The molecular formula is C19H25N3O3Si. The van der Waals surface area contributed by atoms with E-state index in [9.17, 15) is 9.59 Å². The molecule has 6 nitrogen and oxygen atoms in total. The van der Waals surface area contributed by atoms with Crippen molar-refractivity contribution in [1.29, 1.82) is 0 Å². The first-order chi connectivity index (χ1) is 11.9. The van der Waals surface area contributed by atoms with Crippen LogP contribution in [0.15, 0.2) is 18.2 Å². The lowest BCUT2D eigenvalue weighted by Gasteiger charge is -2.19. The Hall–Kier alpha value is -2.59. The molecule has 1 heterocycles. The fourth-order valence-corrected chi connectivity index (χ4v) is 2.83. The first kappa shape index (κ1) is 19.7. The highest BCUT2D eigenvalue weighted by Crippen LogP contribution is 2.21. The maximum atomic E-state index is 12.1. The minimum atomic E-state index is -1.52. The Labute approximate surface area is 154 Å². The van der Waals surface area contributed by atoms with Crippen molar-refractivity contribution in [2.45, 2.75) is 52.6 Å². The minimum Gasteiger partial charge on any atom is -0.459 e. The number of nitrogens with two attached hydrogens (primary N) is 1. The molecule has 1 aromatic carbocycles. The molecule has 0 aliphatic heterocycles. The largest absolute Gasteiger partial charge is 0.459 e.